The molecule has 0 spiro atoms. The Hall–Kier alpha value is -3.11. The highest BCUT2D eigenvalue weighted by Gasteiger charge is 2.30. The molecule has 4 heterocycles. The Morgan fingerprint density at radius 3 is 2.74 bits per heavy atom. The second-order valence-electron chi connectivity index (χ2n) is 8.70. The van der Waals surface area contributed by atoms with Crippen molar-refractivity contribution in [3.05, 3.63) is 48.2 Å². The van der Waals surface area contributed by atoms with E-state index >= 15 is 0 Å². The summed E-state index contributed by atoms with van der Waals surface area (Å²) in [5, 5.41) is 21.0. The van der Waals surface area contributed by atoms with Crippen molar-refractivity contribution in [1.29, 1.82) is 0 Å². The lowest BCUT2D eigenvalue weighted by atomic mass is 9.95. The van der Waals surface area contributed by atoms with Crippen LogP contribution >= 0.6 is 0 Å². The number of aromatic nitrogens is 5. The monoisotopic (exact) mass is 424 g/mol. The molecule has 1 atom stereocenters. The topological polar surface area (TPSA) is 112 Å². The number of nitrogens with one attached hydrogen (secondary N) is 1. The van der Waals surface area contributed by atoms with Gasteiger partial charge in [-0.1, -0.05) is 13.8 Å². The van der Waals surface area contributed by atoms with Gasteiger partial charge in [0.15, 0.2) is 11.5 Å². The van der Waals surface area contributed by atoms with Crippen molar-refractivity contribution in [3.8, 4) is 0 Å². The van der Waals surface area contributed by atoms with Gasteiger partial charge in [0.05, 0.1) is 11.6 Å². The first-order valence-electron chi connectivity index (χ1n) is 10.3. The first-order chi connectivity index (χ1) is 14.9. The number of fused-ring (bicyclic) bond motifs is 1. The molecule has 10 nitrogen and oxygen atoms in total. The van der Waals surface area contributed by atoms with Gasteiger partial charge in [-0.3, -0.25) is 14.1 Å². The van der Waals surface area contributed by atoms with Gasteiger partial charge in [0.1, 0.15) is 0 Å². The molecule has 0 bridgehead atoms. The molecule has 0 aromatic carbocycles. The van der Waals surface area contributed by atoms with Crippen molar-refractivity contribution < 1.29 is 9.90 Å². The van der Waals surface area contributed by atoms with Gasteiger partial charge >= 0.3 is 0 Å². The van der Waals surface area contributed by atoms with Crippen molar-refractivity contribution in [2.75, 3.05) is 44.7 Å². The maximum Gasteiger partial charge on any atom is 0.252 e. The van der Waals surface area contributed by atoms with E-state index in [1.165, 1.54) is 0 Å². The zero-order valence-electron chi connectivity index (χ0n) is 18.1. The molecular weight excluding hydrogens is 396 g/mol. The number of hydrogen-bond acceptors (Lipinski definition) is 8. The van der Waals surface area contributed by atoms with E-state index in [0.29, 0.717) is 30.2 Å². The molecule has 0 aliphatic carbocycles. The zero-order valence-corrected chi connectivity index (χ0v) is 18.1. The van der Waals surface area contributed by atoms with E-state index < -0.39 is 0 Å². The third-order valence-electron chi connectivity index (χ3n) is 5.63. The number of hydrogen-bond donors (Lipinski definition) is 2. The summed E-state index contributed by atoms with van der Waals surface area (Å²) >= 11 is 0. The molecule has 1 aliphatic heterocycles. The number of anilines is 1. The Morgan fingerprint density at radius 2 is 2.00 bits per heavy atom. The fraction of sp³-hybridized carbons (Fsp3) is 0.476. The minimum Gasteiger partial charge on any atom is -0.396 e. The number of likely N-dealkylation sites (N-methyl/N-ethyl adjacent to an activating group) is 1. The summed E-state index contributed by atoms with van der Waals surface area (Å²) in [6.45, 7) is 6.49. The minimum absolute atomic E-state index is 0.00243. The quantitative estimate of drug-likeness (QED) is 0.597. The molecule has 1 amide bonds. The van der Waals surface area contributed by atoms with Crippen LogP contribution < -0.4 is 10.2 Å². The lowest BCUT2D eigenvalue weighted by Gasteiger charge is -2.38. The normalized spacial score (nSPS) is 17.8. The number of piperazine rings is 1. The van der Waals surface area contributed by atoms with Gasteiger partial charge in [-0.05, 0) is 25.2 Å². The van der Waals surface area contributed by atoms with Crippen LogP contribution in [0.2, 0.25) is 0 Å². The van der Waals surface area contributed by atoms with Gasteiger partial charge in [0, 0.05) is 56.8 Å². The van der Waals surface area contributed by atoms with Crippen LogP contribution in [-0.2, 0) is 0 Å². The SMILES string of the molecule is CN1CCN(c2ncccn2)C[C@H]1c1nnc2ccc(C(=O)NCC(C)(C)CO)cn12. The van der Waals surface area contributed by atoms with Crippen LogP contribution in [0.25, 0.3) is 5.65 Å². The molecule has 0 saturated carbocycles. The number of pyridine rings is 1. The summed E-state index contributed by atoms with van der Waals surface area (Å²) in [6.07, 6.45) is 5.26. The van der Waals surface area contributed by atoms with E-state index in [1.807, 2.05) is 18.2 Å². The van der Waals surface area contributed by atoms with Crippen molar-refractivity contribution in [2.24, 2.45) is 5.41 Å². The lowest BCUT2D eigenvalue weighted by molar-refractivity contribution is 0.0910. The Balaban J connectivity index is 1.59. The summed E-state index contributed by atoms with van der Waals surface area (Å²) in [5.74, 6) is 1.27. The Bertz CT molecular complexity index is 1050. The largest absolute Gasteiger partial charge is 0.396 e. The maximum atomic E-state index is 12.7. The Kier molecular flexibility index (Phi) is 5.84. The molecule has 31 heavy (non-hydrogen) atoms. The molecule has 3 aromatic heterocycles. The van der Waals surface area contributed by atoms with Crippen molar-refractivity contribution >= 4 is 17.5 Å². The highest BCUT2D eigenvalue weighted by atomic mass is 16.3. The summed E-state index contributed by atoms with van der Waals surface area (Å²) in [5.41, 5.74) is 0.822. The second kappa shape index (κ2) is 8.56. The molecule has 1 fully saturated rings. The van der Waals surface area contributed by atoms with E-state index in [1.54, 1.807) is 36.8 Å². The molecule has 0 radical (unpaired) electrons. The number of aliphatic hydroxyl groups excluding tert-OH is 1. The van der Waals surface area contributed by atoms with Crippen molar-refractivity contribution in [1.82, 2.24) is 34.8 Å². The Morgan fingerprint density at radius 1 is 1.23 bits per heavy atom. The highest BCUT2D eigenvalue weighted by molar-refractivity contribution is 5.94. The molecule has 0 unspecified atom stereocenters. The van der Waals surface area contributed by atoms with Gasteiger partial charge in [-0.15, -0.1) is 10.2 Å². The summed E-state index contributed by atoms with van der Waals surface area (Å²) < 4.78 is 1.88. The van der Waals surface area contributed by atoms with Crippen LogP contribution in [0.3, 0.4) is 0 Å². The third-order valence-corrected chi connectivity index (χ3v) is 5.63. The van der Waals surface area contributed by atoms with Crippen molar-refractivity contribution in [2.45, 2.75) is 19.9 Å². The average Bonchev–Trinajstić information content (AvgIpc) is 3.21. The van der Waals surface area contributed by atoms with Gasteiger partial charge < -0.3 is 15.3 Å². The van der Waals surface area contributed by atoms with E-state index in [2.05, 4.69) is 42.3 Å². The number of aliphatic hydroxyl groups is 1. The number of amides is 1. The number of carbonyl (C=O) groups is 1. The predicted molar refractivity (Wildman–Crippen MR) is 116 cm³/mol. The van der Waals surface area contributed by atoms with Gasteiger partial charge in [-0.25, -0.2) is 9.97 Å². The van der Waals surface area contributed by atoms with Gasteiger partial charge in [-0.2, -0.15) is 0 Å². The minimum atomic E-state index is -0.380. The van der Waals surface area contributed by atoms with E-state index in [0.717, 1.165) is 18.9 Å². The summed E-state index contributed by atoms with van der Waals surface area (Å²) in [7, 11) is 2.06. The van der Waals surface area contributed by atoms with Crippen molar-refractivity contribution in [3.63, 3.8) is 0 Å². The molecular formula is C21H28N8O2. The van der Waals surface area contributed by atoms with Crippen LogP contribution in [0.15, 0.2) is 36.8 Å². The Labute approximate surface area is 180 Å². The van der Waals surface area contributed by atoms with E-state index in [-0.39, 0.29) is 24.0 Å². The predicted octanol–water partition coefficient (Wildman–Crippen LogP) is 0.761. The lowest BCUT2D eigenvalue weighted by Crippen LogP contribution is -2.48. The number of rotatable bonds is 6. The smallest absolute Gasteiger partial charge is 0.252 e. The summed E-state index contributed by atoms with van der Waals surface area (Å²) in [4.78, 5) is 25.8. The van der Waals surface area contributed by atoms with Crippen LogP contribution in [0.1, 0.15) is 36.1 Å². The molecule has 4 rings (SSSR count). The molecule has 3 aromatic rings. The highest BCUT2D eigenvalue weighted by Crippen LogP contribution is 2.25. The first kappa shape index (κ1) is 21.1. The molecule has 1 saturated heterocycles. The number of nitrogens with zero attached hydrogens (tertiary/aromatic N) is 7. The zero-order chi connectivity index (χ0) is 22.0. The molecule has 164 valence electrons. The van der Waals surface area contributed by atoms with Crippen LogP contribution in [0.5, 0.6) is 0 Å². The van der Waals surface area contributed by atoms with Gasteiger partial charge in [0.25, 0.3) is 5.91 Å². The average molecular weight is 425 g/mol. The summed E-state index contributed by atoms with van der Waals surface area (Å²) in [6, 6.07) is 5.31. The molecule has 1 aliphatic rings. The first-order valence-corrected chi connectivity index (χ1v) is 10.3. The maximum absolute atomic E-state index is 12.7. The second-order valence-corrected chi connectivity index (χ2v) is 8.70. The number of carbonyl (C=O) groups excluding carboxylic acids is 1. The third kappa shape index (κ3) is 4.49. The standard InChI is InChI=1S/C21H28N8O2/c1-21(2,14-30)13-24-19(31)15-5-6-17-25-26-18(29(17)11-15)16-12-28(10-9-27(16)3)20-22-7-4-8-23-20/h4-8,11,16,30H,9-10,12-14H2,1-3H3,(H,24,31)/t16-/m0/s1. The van der Waals surface area contributed by atoms with E-state index in [9.17, 15) is 9.90 Å². The fourth-order valence-corrected chi connectivity index (χ4v) is 3.54. The van der Waals surface area contributed by atoms with E-state index in [4.69, 9.17) is 0 Å². The molecule has 2 N–H and O–H groups in total. The van der Waals surface area contributed by atoms with Gasteiger partial charge in [0.2, 0.25) is 5.95 Å². The van der Waals surface area contributed by atoms with Crippen LogP contribution in [-0.4, -0.2) is 80.3 Å². The van der Waals surface area contributed by atoms with Crippen LogP contribution in [0.4, 0.5) is 5.95 Å². The fourth-order valence-electron chi connectivity index (χ4n) is 3.54. The van der Waals surface area contributed by atoms with Crippen LogP contribution in [0, 0.1) is 5.41 Å². The molecule has 10 heteroatoms.